The van der Waals surface area contributed by atoms with E-state index in [-0.39, 0.29) is 18.1 Å². The standard InChI is InChI=1S/C18H27N3O3.C2HF3O2/c1-12-15(13(2)24-19-12)10-20-8-5-14-9-16(23-17(14)11-20)18(22)21-6-3-4-7-21;3-2(4,5)1(6)7/h14,16-17H,3-11H2,1-2H3;(H,6,7)/t14-,16-,17-;/m0./s1. The molecule has 0 saturated carbocycles. The fourth-order valence-electron chi connectivity index (χ4n) is 4.39. The van der Waals surface area contributed by atoms with E-state index in [0.717, 1.165) is 69.9 Å². The Bertz CT molecular complexity index is 772. The van der Waals surface area contributed by atoms with E-state index in [4.69, 9.17) is 19.2 Å². The summed E-state index contributed by atoms with van der Waals surface area (Å²) in [7, 11) is 0. The summed E-state index contributed by atoms with van der Waals surface area (Å²) in [5.74, 6) is -1.10. The van der Waals surface area contributed by atoms with Crippen LogP contribution in [0, 0.1) is 19.8 Å². The molecule has 3 aliphatic rings. The van der Waals surface area contributed by atoms with Gasteiger partial charge < -0.3 is 19.3 Å². The number of hydrogen-bond donors (Lipinski definition) is 1. The van der Waals surface area contributed by atoms with Gasteiger partial charge >= 0.3 is 12.1 Å². The van der Waals surface area contributed by atoms with Crippen molar-refractivity contribution in [2.24, 2.45) is 5.92 Å². The Hall–Kier alpha value is -2.14. The lowest BCUT2D eigenvalue weighted by atomic mass is 9.91. The Morgan fingerprint density at radius 3 is 2.39 bits per heavy atom. The Balaban J connectivity index is 0.000000339. The second-order valence-electron chi connectivity index (χ2n) is 8.32. The number of aromatic nitrogens is 1. The molecule has 1 aromatic rings. The molecule has 0 radical (unpaired) electrons. The first-order valence-electron chi connectivity index (χ1n) is 10.4. The maximum absolute atomic E-state index is 12.6. The highest BCUT2D eigenvalue weighted by Gasteiger charge is 2.43. The first-order valence-corrected chi connectivity index (χ1v) is 10.4. The van der Waals surface area contributed by atoms with E-state index in [2.05, 4.69) is 10.1 Å². The van der Waals surface area contributed by atoms with Crippen LogP contribution < -0.4 is 0 Å². The lowest BCUT2D eigenvalue weighted by Crippen LogP contribution is -2.42. The van der Waals surface area contributed by atoms with Gasteiger partial charge in [-0.05, 0) is 52.0 Å². The minimum absolute atomic E-state index is 0.191. The number of likely N-dealkylation sites (tertiary alicyclic amines) is 2. The van der Waals surface area contributed by atoms with Crippen molar-refractivity contribution in [3.63, 3.8) is 0 Å². The highest BCUT2D eigenvalue weighted by molar-refractivity contribution is 5.81. The number of carbonyl (C=O) groups excluding carboxylic acids is 1. The predicted octanol–water partition coefficient (Wildman–Crippen LogP) is 2.53. The molecule has 174 valence electrons. The second-order valence-corrected chi connectivity index (χ2v) is 8.32. The van der Waals surface area contributed by atoms with E-state index in [1.165, 1.54) is 5.56 Å². The molecule has 8 nitrogen and oxygen atoms in total. The van der Waals surface area contributed by atoms with Gasteiger partial charge in [0.15, 0.2) is 0 Å². The summed E-state index contributed by atoms with van der Waals surface area (Å²) in [6.07, 6.45) is -0.822. The molecule has 1 N–H and O–H groups in total. The van der Waals surface area contributed by atoms with Gasteiger partial charge in [-0.3, -0.25) is 9.69 Å². The summed E-state index contributed by atoms with van der Waals surface area (Å²) in [5.41, 5.74) is 2.17. The topological polar surface area (TPSA) is 96.1 Å². The van der Waals surface area contributed by atoms with Crippen molar-refractivity contribution in [2.75, 3.05) is 26.2 Å². The largest absolute Gasteiger partial charge is 0.490 e. The normalized spacial score (nSPS) is 26.4. The SMILES string of the molecule is Cc1noc(C)c1CN1CC[C@H]2C[C@@H](C(=O)N3CCCC3)O[C@H]2C1.O=C(O)C(F)(F)F. The number of carbonyl (C=O) groups is 2. The Morgan fingerprint density at radius 2 is 1.84 bits per heavy atom. The van der Waals surface area contributed by atoms with Crippen LogP contribution in [0.4, 0.5) is 13.2 Å². The van der Waals surface area contributed by atoms with Crippen molar-refractivity contribution >= 4 is 11.9 Å². The van der Waals surface area contributed by atoms with Gasteiger partial charge in [0.2, 0.25) is 0 Å². The molecule has 3 fully saturated rings. The van der Waals surface area contributed by atoms with Crippen LogP contribution in [0.15, 0.2) is 4.52 Å². The predicted molar refractivity (Wildman–Crippen MR) is 102 cm³/mol. The zero-order valence-electron chi connectivity index (χ0n) is 17.7. The number of ether oxygens (including phenoxy) is 1. The number of hydrogen-bond acceptors (Lipinski definition) is 6. The molecule has 3 aliphatic heterocycles. The number of fused-ring (bicyclic) bond motifs is 1. The maximum atomic E-state index is 12.6. The molecule has 3 saturated heterocycles. The summed E-state index contributed by atoms with van der Waals surface area (Å²) in [5, 5.41) is 11.2. The molecular formula is C20H28F3N3O5. The van der Waals surface area contributed by atoms with Gasteiger partial charge in [0.1, 0.15) is 11.9 Å². The van der Waals surface area contributed by atoms with Gasteiger partial charge in [-0.15, -0.1) is 0 Å². The molecule has 1 amide bonds. The van der Waals surface area contributed by atoms with Crippen molar-refractivity contribution in [3.8, 4) is 0 Å². The second kappa shape index (κ2) is 9.56. The fraction of sp³-hybridized carbons (Fsp3) is 0.750. The van der Waals surface area contributed by atoms with Gasteiger partial charge in [0.05, 0.1) is 11.8 Å². The molecule has 0 unspecified atom stereocenters. The highest BCUT2D eigenvalue weighted by Crippen LogP contribution is 2.35. The third kappa shape index (κ3) is 5.76. The first-order chi connectivity index (χ1) is 14.6. The van der Waals surface area contributed by atoms with E-state index in [9.17, 15) is 18.0 Å². The van der Waals surface area contributed by atoms with Crippen LogP contribution in [0.5, 0.6) is 0 Å². The summed E-state index contributed by atoms with van der Waals surface area (Å²) in [4.78, 5) is 25.9. The van der Waals surface area contributed by atoms with Crippen LogP contribution in [0.2, 0.25) is 0 Å². The average Bonchev–Trinajstić information content (AvgIpc) is 3.44. The lowest BCUT2D eigenvalue weighted by Gasteiger charge is -2.33. The van der Waals surface area contributed by atoms with E-state index in [1.807, 2.05) is 18.7 Å². The van der Waals surface area contributed by atoms with E-state index in [1.54, 1.807) is 0 Å². The van der Waals surface area contributed by atoms with E-state index >= 15 is 0 Å². The van der Waals surface area contributed by atoms with Crippen LogP contribution in [-0.2, 0) is 20.9 Å². The van der Waals surface area contributed by atoms with Crippen LogP contribution >= 0.6 is 0 Å². The number of rotatable bonds is 3. The quantitative estimate of drug-likeness (QED) is 0.761. The lowest BCUT2D eigenvalue weighted by molar-refractivity contribution is -0.192. The number of nitrogens with zero attached hydrogens (tertiary/aromatic N) is 3. The van der Waals surface area contributed by atoms with Crippen molar-refractivity contribution < 1.29 is 37.1 Å². The minimum Gasteiger partial charge on any atom is -0.475 e. The number of halogens is 3. The Morgan fingerprint density at radius 1 is 1.19 bits per heavy atom. The Labute approximate surface area is 178 Å². The van der Waals surface area contributed by atoms with Crippen molar-refractivity contribution in [3.05, 3.63) is 17.0 Å². The number of aliphatic carboxylic acids is 1. The number of carboxylic acid groups (broad SMARTS) is 1. The van der Waals surface area contributed by atoms with Crippen LogP contribution in [0.25, 0.3) is 0 Å². The first kappa shape index (κ1) is 23.5. The van der Waals surface area contributed by atoms with Crippen LogP contribution in [-0.4, -0.2) is 76.5 Å². The molecule has 1 aromatic heterocycles. The van der Waals surface area contributed by atoms with Gasteiger partial charge in [-0.1, -0.05) is 5.16 Å². The summed E-state index contributed by atoms with van der Waals surface area (Å²) >= 11 is 0. The van der Waals surface area contributed by atoms with Gasteiger partial charge in [-0.25, -0.2) is 4.79 Å². The van der Waals surface area contributed by atoms with Crippen molar-refractivity contribution in [1.82, 2.24) is 15.0 Å². The number of amides is 1. The van der Waals surface area contributed by atoms with E-state index < -0.39 is 12.1 Å². The Kier molecular flexibility index (Phi) is 7.25. The van der Waals surface area contributed by atoms with Crippen LogP contribution in [0.3, 0.4) is 0 Å². The monoisotopic (exact) mass is 447 g/mol. The third-order valence-electron chi connectivity index (χ3n) is 6.13. The van der Waals surface area contributed by atoms with Crippen molar-refractivity contribution in [1.29, 1.82) is 0 Å². The maximum Gasteiger partial charge on any atom is 0.490 e. The molecule has 4 heterocycles. The molecule has 0 aromatic carbocycles. The van der Waals surface area contributed by atoms with Gasteiger partial charge in [0.25, 0.3) is 5.91 Å². The molecule has 31 heavy (non-hydrogen) atoms. The number of carboxylic acids is 1. The van der Waals surface area contributed by atoms with Gasteiger partial charge in [-0.2, -0.15) is 13.2 Å². The minimum atomic E-state index is -5.08. The molecule has 0 aliphatic carbocycles. The molecule has 0 bridgehead atoms. The van der Waals surface area contributed by atoms with Crippen molar-refractivity contribution in [2.45, 2.75) is 64.5 Å². The van der Waals surface area contributed by atoms with E-state index in [0.29, 0.717) is 5.92 Å². The summed E-state index contributed by atoms with van der Waals surface area (Å²) in [6.45, 7) is 8.60. The van der Waals surface area contributed by atoms with Crippen LogP contribution in [0.1, 0.15) is 42.7 Å². The molecule has 11 heteroatoms. The highest BCUT2D eigenvalue weighted by atomic mass is 19.4. The number of piperidine rings is 1. The fourth-order valence-corrected chi connectivity index (χ4v) is 4.39. The number of alkyl halides is 3. The summed E-state index contributed by atoms with van der Waals surface area (Å²) in [6, 6.07) is 0. The molecule has 4 rings (SSSR count). The zero-order valence-corrected chi connectivity index (χ0v) is 17.7. The molecule has 3 atom stereocenters. The summed E-state index contributed by atoms with van der Waals surface area (Å²) < 4.78 is 43.2. The zero-order chi connectivity index (χ0) is 22.8. The van der Waals surface area contributed by atoms with Gasteiger partial charge in [0, 0.05) is 31.7 Å². The molecule has 0 spiro atoms. The number of aryl methyl sites for hydroxylation is 2. The smallest absolute Gasteiger partial charge is 0.475 e. The third-order valence-corrected chi connectivity index (χ3v) is 6.13. The molecular weight excluding hydrogens is 419 g/mol. The average molecular weight is 447 g/mol.